The molecule has 3 aliphatic rings. The van der Waals surface area contributed by atoms with Crippen LogP contribution in [-0.4, -0.2) is 24.0 Å². The molecule has 5 atom stereocenters. The minimum Gasteiger partial charge on any atom is -0.324 e. The molecule has 0 bridgehead atoms. The van der Waals surface area contributed by atoms with Crippen molar-refractivity contribution in [3.8, 4) is 0 Å². The Morgan fingerprint density at radius 2 is 1.35 bits per heavy atom. The molecule has 7 rings (SSSR count). The first kappa shape index (κ1) is 22.8. The molecular weight excluding hydrogens is 472 g/mol. The second-order valence-corrected chi connectivity index (χ2v) is 11.5. The number of piperidine rings is 1. The van der Waals surface area contributed by atoms with Gasteiger partial charge in [-0.3, -0.25) is 10.1 Å². The summed E-state index contributed by atoms with van der Waals surface area (Å²) in [6.07, 6.45) is 3.15. The number of thioether (sulfide) groups is 1. The first-order valence-corrected chi connectivity index (χ1v) is 14.5. The van der Waals surface area contributed by atoms with Gasteiger partial charge in [0.25, 0.3) is 0 Å². The predicted molar refractivity (Wildman–Crippen MR) is 152 cm³/mol. The summed E-state index contributed by atoms with van der Waals surface area (Å²) in [4.78, 5) is 14.5. The molecule has 2 heterocycles. The summed E-state index contributed by atoms with van der Waals surface area (Å²) in [5.41, 5.74) is 4.13. The van der Waals surface area contributed by atoms with Gasteiger partial charge in [-0.1, -0.05) is 109 Å². The van der Waals surface area contributed by atoms with Crippen molar-refractivity contribution in [1.29, 1.82) is 0 Å². The van der Waals surface area contributed by atoms with Crippen LogP contribution in [0.5, 0.6) is 0 Å². The van der Waals surface area contributed by atoms with E-state index < -0.39 is 11.0 Å². The molecule has 4 heteroatoms. The highest BCUT2D eigenvalue weighted by molar-refractivity contribution is 7.98. The smallest absolute Gasteiger partial charge is 0.250 e. The van der Waals surface area contributed by atoms with E-state index in [1.165, 1.54) is 16.7 Å². The fourth-order valence-electron chi connectivity index (χ4n) is 8.11. The number of para-hydroxylation sites is 1. The highest BCUT2D eigenvalue weighted by atomic mass is 32.2. The van der Waals surface area contributed by atoms with Crippen LogP contribution in [0, 0.1) is 0 Å². The molecule has 4 aromatic carbocycles. The van der Waals surface area contributed by atoms with Gasteiger partial charge in [-0.15, -0.1) is 0 Å². The van der Waals surface area contributed by atoms with E-state index in [9.17, 15) is 4.79 Å². The maximum Gasteiger partial charge on any atom is 0.250 e. The van der Waals surface area contributed by atoms with Crippen molar-refractivity contribution in [1.82, 2.24) is 5.32 Å². The molecular formula is C33H30N2OS. The van der Waals surface area contributed by atoms with Gasteiger partial charge in [-0.05, 0) is 41.2 Å². The summed E-state index contributed by atoms with van der Waals surface area (Å²) < 4.78 is 0. The number of rotatable bonds is 6. The van der Waals surface area contributed by atoms with Crippen LogP contribution in [0.4, 0.5) is 5.69 Å². The predicted octanol–water partition coefficient (Wildman–Crippen LogP) is 6.23. The van der Waals surface area contributed by atoms with Crippen molar-refractivity contribution in [2.45, 2.75) is 34.7 Å². The molecule has 4 aromatic rings. The van der Waals surface area contributed by atoms with Gasteiger partial charge < -0.3 is 5.32 Å². The number of anilines is 1. The summed E-state index contributed by atoms with van der Waals surface area (Å²) in [5.74, 6) is 1.22. The quantitative estimate of drug-likeness (QED) is 0.328. The number of hydrogen-bond donors (Lipinski definition) is 2. The summed E-state index contributed by atoms with van der Waals surface area (Å²) in [6, 6.07) is 41.1. The Balaban J connectivity index is 1.62. The average molecular weight is 503 g/mol. The monoisotopic (exact) mass is 502 g/mol. The van der Waals surface area contributed by atoms with Crippen LogP contribution in [0.3, 0.4) is 0 Å². The lowest BCUT2D eigenvalue weighted by Gasteiger charge is -2.37. The van der Waals surface area contributed by atoms with E-state index in [0.29, 0.717) is 0 Å². The van der Waals surface area contributed by atoms with Gasteiger partial charge in [-0.25, -0.2) is 0 Å². The SMILES string of the molecule is CSCC[C@H]1N[C@@]2(C(=O)Nc3ccccc32)[C@@]2(c3ccccc3)[C@H](c3ccccc3)[C@@]12c1ccccc1. The molecule has 1 amide bonds. The van der Waals surface area contributed by atoms with Crippen LogP contribution in [0.15, 0.2) is 115 Å². The fourth-order valence-corrected chi connectivity index (χ4v) is 8.58. The van der Waals surface area contributed by atoms with E-state index in [2.05, 4.69) is 120 Å². The van der Waals surface area contributed by atoms with Gasteiger partial charge in [-0.2, -0.15) is 11.8 Å². The lowest BCUT2D eigenvalue weighted by molar-refractivity contribution is -0.123. The van der Waals surface area contributed by atoms with Crippen molar-refractivity contribution in [2.24, 2.45) is 0 Å². The maximum absolute atomic E-state index is 14.5. The van der Waals surface area contributed by atoms with E-state index in [0.717, 1.165) is 23.4 Å². The van der Waals surface area contributed by atoms with E-state index in [1.807, 2.05) is 23.9 Å². The number of fused-ring (bicyclic) bond motifs is 4. The van der Waals surface area contributed by atoms with Crippen LogP contribution >= 0.6 is 11.8 Å². The lowest BCUT2D eigenvalue weighted by Crippen LogP contribution is -2.55. The average Bonchev–Trinajstić information content (AvgIpc) is 3.40. The molecule has 1 saturated carbocycles. The third-order valence-electron chi connectivity index (χ3n) is 9.13. The summed E-state index contributed by atoms with van der Waals surface area (Å²) in [5, 5.41) is 7.35. The number of benzene rings is 4. The number of hydrogen-bond acceptors (Lipinski definition) is 3. The molecule has 0 unspecified atom stereocenters. The van der Waals surface area contributed by atoms with E-state index in [-0.39, 0.29) is 23.3 Å². The Labute approximate surface area is 222 Å². The number of nitrogens with one attached hydrogen (secondary N) is 2. The van der Waals surface area contributed by atoms with Crippen LogP contribution in [0.1, 0.15) is 34.6 Å². The van der Waals surface area contributed by atoms with Gasteiger partial charge in [0.15, 0.2) is 0 Å². The molecule has 0 radical (unpaired) electrons. The summed E-state index contributed by atoms with van der Waals surface area (Å²) >= 11 is 1.87. The third-order valence-corrected chi connectivity index (χ3v) is 9.78. The van der Waals surface area contributed by atoms with Crippen LogP contribution in [-0.2, 0) is 21.2 Å². The molecule has 1 saturated heterocycles. The van der Waals surface area contributed by atoms with Gasteiger partial charge >= 0.3 is 0 Å². The van der Waals surface area contributed by atoms with Crippen LogP contribution < -0.4 is 10.6 Å². The second kappa shape index (κ2) is 8.34. The van der Waals surface area contributed by atoms with Crippen molar-refractivity contribution >= 4 is 23.4 Å². The van der Waals surface area contributed by atoms with Crippen molar-refractivity contribution in [2.75, 3.05) is 17.3 Å². The number of carbonyl (C=O) groups excluding carboxylic acids is 1. The van der Waals surface area contributed by atoms with Crippen LogP contribution in [0.2, 0.25) is 0 Å². The minimum absolute atomic E-state index is 0.0583. The van der Waals surface area contributed by atoms with Crippen LogP contribution in [0.25, 0.3) is 0 Å². The van der Waals surface area contributed by atoms with Gasteiger partial charge in [0.1, 0.15) is 5.54 Å². The molecule has 3 nitrogen and oxygen atoms in total. The zero-order chi connectivity index (χ0) is 25.1. The van der Waals surface area contributed by atoms with E-state index in [1.54, 1.807) is 0 Å². The molecule has 37 heavy (non-hydrogen) atoms. The Morgan fingerprint density at radius 3 is 2.03 bits per heavy atom. The topological polar surface area (TPSA) is 41.1 Å². The minimum atomic E-state index is -0.885. The molecule has 1 aliphatic carbocycles. The fraction of sp³-hybridized carbons (Fsp3) is 0.242. The van der Waals surface area contributed by atoms with E-state index in [4.69, 9.17) is 0 Å². The largest absolute Gasteiger partial charge is 0.324 e. The van der Waals surface area contributed by atoms with Gasteiger partial charge in [0.2, 0.25) is 5.91 Å². The summed E-state index contributed by atoms with van der Waals surface area (Å²) in [6.45, 7) is 0. The van der Waals surface area contributed by atoms with E-state index >= 15 is 0 Å². The Morgan fingerprint density at radius 1 is 0.757 bits per heavy atom. The first-order chi connectivity index (χ1) is 18.2. The third kappa shape index (κ3) is 2.70. The Hall–Kier alpha value is -3.34. The maximum atomic E-state index is 14.5. The Bertz CT molecular complexity index is 1460. The molecule has 2 fully saturated rings. The summed E-state index contributed by atoms with van der Waals surface area (Å²) in [7, 11) is 0. The first-order valence-electron chi connectivity index (χ1n) is 13.1. The molecule has 1 spiro atoms. The van der Waals surface area contributed by atoms with Gasteiger partial charge in [0, 0.05) is 34.0 Å². The zero-order valence-electron chi connectivity index (χ0n) is 20.9. The lowest BCUT2D eigenvalue weighted by atomic mass is 9.68. The number of carbonyl (C=O) groups is 1. The van der Waals surface area contributed by atoms with Crippen molar-refractivity contribution in [3.63, 3.8) is 0 Å². The second-order valence-electron chi connectivity index (χ2n) is 10.5. The molecule has 0 aromatic heterocycles. The van der Waals surface area contributed by atoms with Gasteiger partial charge in [0.05, 0.1) is 0 Å². The molecule has 184 valence electrons. The van der Waals surface area contributed by atoms with Crippen molar-refractivity contribution < 1.29 is 4.79 Å². The highest BCUT2D eigenvalue weighted by Gasteiger charge is 2.93. The Kier molecular flexibility index (Phi) is 5.14. The highest BCUT2D eigenvalue weighted by Crippen LogP contribution is 2.85. The van der Waals surface area contributed by atoms with Crippen molar-refractivity contribution in [3.05, 3.63) is 138 Å². The molecule has 2 N–H and O–H groups in total. The molecule has 2 aliphatic heterocycles. The normalized spacial score (nSPS) is 31.1. The standard InChI is InChI=1S/C33H30N2OS/c1-37-22-21-28-31(24-15-7-3-8-16-24)29(23-13-5-2-6-14-23)32(31,25-17-9-4-10-18-25)33(35-28)26-19-11-12-20-27(26)34-30(33)36/h2-20,28-29,35H,21-22H2,1H3,(H,34,36)/t28-,29-,31-,32+,33+/m1/s1. The number of amides is 1. The zero-order valence-corrected chi connectivity index (χ0v) is 21.7.